The number of rotatable bonds is 5. The predicted octanol–water partition coefficient (Wildman–Crippen LogP) is 2.12. The molecule has 0 spiro atoms. The third-order valence-electron chi connectivity index (χ3n) is 2.06. The highest BCUT2D eigenvalue weighted by molar-refractivity contribution is 7.82. The van der Waals surface area contributed by atoms with Crippen LogP contribution in [-0.2, 0) is 11.0 Å². The summed E-state index contributed by atoms with van der Waals surface area (Å²) in [4.78, 5) is 0. The Labute approximate surface area is 105 Å². The molecule has 0 aliphatic rings. The van der Waals surface area contributed by atoms with Crippen LogP contribution in [0.15, 0.2) is 24.3 Å². The molecule has 0 amide bonds. The van der Waals surface area contributed by atoms with Gasteiger partial charge in [-0.1, -0.05) is 26.0 Å². The molecule has 2 atom stereocenters. The molecule has 17 heavy (non-hydrogen) atoms. The summed E-state index contributed by atoms with van der Waals surface area (Å²) in [5.74, 6) is -0.265. The van der Waals surface area contributed by atoms with Crippen molar-refractivity contribution in [2.45, 2.75) is 26.3 Å². The Balaban J connectivity index is 0.00000121. The van der Waals surface area contributed by atoms with E-state index >= 15 is 0 Å². The average molecular weight is 260 g/mol. The van der Waals surface area contributed by atoms with Gasteiger partial charge in [-0.05, 0) is 24.1 Å². The smallest absolute Gasteiger partial charge is 0.123 e. The number of nitrogens with one attached hydrogen (secondary N) is 1. The molecule has 0 heterocycles. The molecular weight excluding hydrogens is 239 g/mol. The summed E-state index contributed by atoms with van der Waals surface area (Å²) in [5, 5.41) is 0. The zero-order valence-corrected chi connectivity index (χ0v) is 11.4. The Kier molecular flexibility index (Phi) is 8.85. The summed E-state index contributed by atoms with van der Waals surface area (Å²) >= 11 is 0. The van der Waals surface area contributed by atoms with E-state index < -0.39 is 11.0 Å². The second kappa shape index (κ2) is 9.27. The van der Waals surface area contributed by atoms with Crippen LogP contribution in [0.5, 0.6) is 0 Å². The van der Waals surface area contributed by atoms with Crippen LogP contribution in [0.25, 0.3) is 0 Å². The molecule has 5 heteroatoms. The van der Waals surface area contributed by atoms with Crippen LogP contribution in [0.4, 0.5) is 4.39 Å². The molecule has 3 nitrogen and oxygen atoms in total. The van der Waals surface area contributed by atoms with E-state index in [2.05, 4.69) is 4.72 Å². The highest BCUT2D eigenvalue weighted by Crippen LogP contribution is 2.13. The molecule has 0 fully saturated rings. The van der Waals surface area contributed by atoms with Gasteiger partial charge >= 0.3 is 0 Å². The number of halogens is 1. The maximum atomic E-state index is 12.6. The minimum absolute atomic E-state index is 0.151. The molecule has 98 valence electrons. The molecule has 1 aromatic carbocycles. The van der Waals surface area contributed by atoms with Gasteiger partial charge in [0.25, 0.3) is 0 Å². The standard InChI is InChI=1S/C10H15FN2OS.C2H6/c1-15(14)13-7-6-10(12)8-2-4-9(11)5-3-8;1-2/h2-5,10,13H,6-7,12H2,1H3;1-2H3. The van der Waals surface area contributed by atoms with Crippen molar-refractivity contribution in [2.75, 3.05) is 12.8 Å². The molecule has 0 bridgehead atoms. The molecule has 0 saturated heterocycles. The van der Waals surface area contributed by atoms with Gasteiger partial charge in [0.2, 0.25) is 0 Å². The van der Waals surface area contributed by atoms with Crippen molar-refractivity contribution in [2.24, 2.45) is 5.73 Å². The lowest BCUT2D eigenvalue weighted by Gasteiger charge is -2.11. The van der Waals surface area contributed by atoms with E-state index in [9.17, 15) is 8.60 Å². The van der Waals surface area contributed by atoms with Crippen LogP contribution in [0, 0.1) is 5.82 Å². The fourth-order valence-corrected chi connectivity index (χ4v) is 1.64. The number of nitrogens with two attached hydrogens (primary N) is 1. The van der Waals surface area contributed by atoms with E-state index in [4.69, 9.17) is 5.73 Å². The van der Waals surface area contributed by atoms with Gasteiger partial charge in [-0.3, -0.25) is 0 Å². The summed E-state index contributed by atoms with van der Waals surface area (Å²) < 4.78 is 26.1. The lowest BCUT2D eigenvalue weighted by molar-refractivity contribution is 0.615. The van der Waals surface area contributed by atoms with Crippen LogP contribution >= 0.6 is 0 Å². The topological polar surface area (TPSA) is 55.1 Å². The van der Waals surface area contributed by atoms with E-state index in [0.29, 0.717) is 13.0 Å². The molecule has 3 N–H and O–H groups in total. The number of benzene rings is 1. The monoisotopic (exact) mass is 260 g/mol. The first kappa shape index (κ1) is 16.2. The molecule has 0 aliphatic carbocycles. The molecular formula is C12H21FN2OS. The molecule has 0 aliphatic heterocycles. The quantitative estimate of drug-likeness (QED) is 0.852. The minimum Gasteiger partial charge on any atom is -0.324 e. The van der Waals surface area contributed by atoms with Gasteiger partial charge in [0, 0.05) is 18.8 Å². The van der Waals surface area contributed by atoms with Crippen molar-refractivity contribution in [3.05, 3.63) is 35.6 Å². The largest absolute Gasteiger partial charge is 0.324 e. The Morgan fingerprint density at radius 2 is 1.88 bits per heavy atom. The average Bonchev–Trinajstić information content (AvgIpc) is 2.32. The first-order chi connectivity index (χ1) is 8.09. The van der Waals surface area contributed by atoms with Crippen molar-refractivity contribution in [3.63, 3.8) is 0 Å². The lowest BCUT2D eigenvalue weighted by Crippen LogP contribution is -2.22. The first-order valence-electron chi connectivity index (χ1n) is 5.67. The maximum Gasteiger partial charge on any atom is 0.123 e. The maximum absolute atomic E-state index is 12.6. The van der Waals surface area contributed by atoms with E-state index in [1.54, 1.807) is 18.4 Å². The van der Waals surface area contributed by atoms with Gasteiger partial charge in [0.15, 0.2) is 0 Å². The van der Waals surface area contributed by atoms with Crippen LogP contribution in [-0.4, -0.2) is 17.0 Å². The molecule has 0 aromatic heterocycles. The number of hydrogen-bond acceptors (Lipinski definition) is 2. The van der Waals surface area contributed by atoms with Crippen molar-refractivity contribution in [1.82, 2.24) is 4.72 Å². The zero-order valence-electron chi connectivity index (χ0n) is 10.6. The van der Waals surface area contributed by atoms with Gasteiger partial charge in [-0.2, -0.15) is 0 Å². The summed E-state index contributed by atoms with van der Waals surface area (Å²) in [7, 11) is -1.01. The summed E-state index contributed by atoms with van der Waals surface area (Å²) in [6, 6.07) is 5.97. The summed E-state index contributed by atoms with van der Waals surface area (Å²) in [5.41, 5.74) is 6.76. The van der Waals surface area contributed by atoms with Crippen LogP contribution in [0.1, 0.15) is 31.9 Å². The van der Waals surface area contributed by atoms with Crippen LogP contribution in [0.3, 0.4) is 0 Å². The zero-order chi connectivity index (χ0) is 13.3. The second-order valence-electron chi connectivity index (χ2n) is 3.30. The fourth-order valence-electron chi connectivity index (χ4n) is 1.23. The summed E-state index contributed by atoms with van der Waals surface area (Å²) in [6.45, 7) is 4.58. The van der Waals surface area contributed by atoms with Gasteiger partial charge in [-0.25, -0.2) is 13.3 Å². The van der Waals surface area contributed by atoms with Crippen LogP contribution in [0.2, 0.25) is 0 Å². The van der Waals surface area contributed by atoms with Gasteiger partial charge in [0.05, 0.1) is 11.0 Å². The molecule has 1 aromatic rings. The lowest BCUT2D eigenvalue weighted by atomic mass is 10.1. The highest BCUT2D eigenvalue weighted by atomic mass is 32.2. The Morgan fingerprint density at radius 1 is 1.35 bits per heavy atom. The number of hydrogen-bond donors (Lipinski definition) is 2. The Bertz CT molecular complexity index is 330. The van der Waals surface area contributed by atoms with E-state index in [-0.39, 0.29) is 11.9 Å². The SMILES string of the molecule is CC.CS(=O)NCCC(N)c1ccc(F)cc1. The van der Waals surface area contributed by atoms with Gasteiger partial charge < -0.3 is 5.73 Å². The van der Waals surface area contributed by atoms with Crippen molar-refractivity contribution in [3.8, 4) is 0 Å². The second-order valence-corrected chi connectivity index (χ2v) is 4.49. The van der Waals surface area contributed by atoms with Crippen molar-refractivity contribution >= 4 is 11.0 Å². The normalized spacial score (nSPS) is 13.5. The predicted molar refractivity (Wildman–Crippen MR) is 71.4 cm³/mol. The molecule has 1 rings (SSSR count). The Hall–Kier alpha value is -0.780. The van der Waals surface area contributed by atoms with E-state index in [0.717, 1.165) is 5.56 Å². The highest BCUT2D eigenvalue weighted by Gasteiger charge is 2.05. The third kappa shape index (κ3) is 7.20. The van der Waals surface area contributed by atoms with E-state index in [1.807, 2.05) is 13.8 Å². The summed E-state index contributed by atoms with van der Waals surface area (Å²) in [6.07, 6.45) is 2.24. The molecule has 0 saturated carbocycles. The van der Waals surface area contributed by atoms with Crippen molar-refractivity contribution in [1.29, 1.82) is 0 Å². The third-order valence-corrected chi connectivity index (χ3v) is 2.67. The fraction of sp³-hybridized carbons (Fsp3) is 0.500. The molecule has 0 radical (unpaired) electrons. The van der Waals surface area contributed by atoms with Gasteiger partial charge in [0.1, 0.15) is 5.82 Å². The van der Waals surface area contributed by atoms with Crippen LogP contribution < -0.4 is 10.5 Å². The minimum atomic E-state index is -1.01. The van der Waals surface area contributed by atoms with Gasteiger partial charge in [-0.15, -0.1) is 0 Å². The van der Waals surface area contributed by atoms with Crippen molar-refractivity contribution < 1.29 is 8.60 Å². The Morgan fingerprint density at radius 3 is 2.35 bits per heavy atom. The van der Waals surface area contributed by atoms with E-state index in [1.165, 1.54) is 12.1 Å². The first-order valence-corrected chi connectivity index (χ1v) is 7.23. The molecule has 2 unspecified atom stereocenters.